The van der Waals surface area contributed by atoms with Gasteiger partial charge in [0.1, 0.15) is 11.6 Å². The average Bonchev–Trinajstić information content (AvgIpc) is 2.58. The number of hydrogen-bond donors (Lipinski definition) is 2. The Balaban J connectivity index is 1.99. The third-order valence-electron chi connectivity index (χ3n) is 3.12. The van der Waals surface area contributed by atoms with Gasteiger partial charge >= 0.3 is 0 Å². The van der Waals surface area contributed by atoms with Crippen molar-refractivity contribution in [1.82, 2.24) is 15.0 Å². The minimum Gasteiger partial charge on any atom is -0.354 e. The molecule has 0 saturated carbocycles. The van der Waals surface area contributed by atoms with Crippen LogP contribution in [0, 0.1) is 5.82 Å². The van der Waals surface area contributed by atoms with Gasteiger partial charge in [-0.05, 0) is 31.2 Å². The fourth-order valence-corrected chi connectivity index (χ4v) is 2.09. The smallest absolute Gasteiger partial charge is 0.225 e. The van der Waals surface area contributed by atoms with Gasteiger partial charge in [0, 0.05) is 18.8 Å². The fraction of sp³-hybridized carbons (Fsp3) is 0.118. The second-order valence-electron chi connectivity index (χ2n) is 4.81. The standard InChI is InChI=1S/C17H16FN5/c1-2-19-17-22-15(14-9-5-6-10-20-14)11-16(23-17)21-13-8-4-3-7-12(13)18/h3-11H,2H2,1H3,(H2,19,21,22,23). The van der Waals surface area contributed by atoms with Crippen LogP contribution in [0.4, 0.5) is 21.8 Å². The van der Waals surface area contributed by atoms with E-state index in [1.54, 1.807) is 30.5 Å². The highest BCUT2D eigenvalue weighted by Crippen LogP contribution is 2.23. The van der Waals surface area contributed by atoms with Crippen LogP contribution in [-0.4, -0.2) is 21.5 Å². The van der Waals surface area contributed by atoms with E-state index >= 15 is 0 Å². The summed E-state index contributed by atoms with van der Waals surface area (Å²) < 4.78 is 13.8. The summed E-state index contributed by atoms with van der Waals surface area (Å²) in [5.74, 6) is 0.631. The summed E-state index contributed by atoms with van der Waals surface area (Å²) in [7, 11) is 0. The van der Waals surface area contributed by atoms with Gasteiger partial charge in [0.15, 0.2) is 0 Å². The molecule has 0 unspecified atom stereocenters. The predicted molar refractivity (Wildman–Crippen MR) is 89.1 cm³/mol. The van der Waals surface area contributed by atoms with Crippen molar-refractivity contribution in [2.24, 2.45) is 0 Å². The Kier molecular flexibility index (Phi) is 4.42. The van der Waals surface area contributed by atoms with Gasteiger partial charge in [-0.25, -0.2) is 9.37 Å². The lowest BCUT2D eigenvalue weighted by Crippen LogP contribution is -2.06. The molecule has 2 N–H and O–H groups in total. The number of benzene rings is 1. The molecule has 0 aliphatic carbocycles. The monoisotopic (exact) mass is 309 g/mol. The van der Waals surface area contributed by atoms with Gasteiger partial charge in [0.05, 0.1) is 17.1 Å². The Hall–Kier alpha value is -3.02. The summed E-state index contributed by atoms with van der Waals surface area (Å²) in [6, 6.07) is 13.8. The first kappa shape index (κ1) is 14.9. The molecule has 1 aromatic carbocycles. The highest BCUT2D eigenvalue weighted by atomic mass is 19.1. The summed E-state index contributed by atoms with van der Waals surface area (Å²) in [5, 5.41) is 6.06. The van der Waals surface area contributed by atoms with E-state index in [4.69, 9.17) is 0 Å². The van der Waals surface area contributed by atoms with Crippen LogP contribution in [0.25, 0.3) is 11.4 Å². The van der Waals surface area contributed by atoms with Gasteiger partial charge in [0.25, 0.3) is 0 Å². The van der Waals surface area contributed by atoms with Crippen LogP contribution in [0.15, 0.2) is 54.7 Å². The van der Waals surface area contributed by atoms with Crippen LogP contribution < -0.4 is 10.6 Å². The van der Waals surface area contributed by atoms with Crippen molar-refractivity contribution in [2.45, 2.75) is 6.92 Å². The maximum Gasteiger partial charge on any atom is 0.225 e. The lowest BCUT2D eigenvalue weighted by molar-refractivity contribution is 0.632. The minimum atomic E-state index is -0.338. The fourth-order valence-electron chi connectivity index (χ4n) is 2.09. The third kappa shape index (κ3) is 3.60. The summed E-state index contributed by atoms with van der Waals surface area (Å²) in [4.78, 5) is 13.1. The zero-order chi connectivity index (χ0) is 16.1. The van der Waals surface area contributed by atoms with E-state index in [-0.39, 0.29) is 5.82 Å². The number of hydrogen-bond acceptors (Lipinski definition) is 5. The van der Waals surface area contributed by atoms with Crippen LogP contribution in [0.2, 0.25) is 0 Å². The Morgan fingerprint density at radius 3 is 2.57 bits per heavy atom. The molecule has 2 heterocycles. The van der Waals surface area contributed by atoms with Crippen molar-refractivity contribution in [3.63, 3.8) is 0 Å². The van der Waals surface area contributed by atoms with Crippen molar-refractivity contribution < 1.29 is 4.39 Å². The number of pyridine rings is 1. The second-order valence-corrected chi connectivity index (χ2v) is 4.81. The molecule has 0 spiro atoms. The molecule has 0 amide bonds. The zero-order valence-corrected chi connectivity index (χ0v) is 12.6. The lowest BCUT2D eigenvalue weighted by atomic mass is 10.2. The van der Waals surface area contributed by atoms with Crippen molar-refractivity contribution in [3.05, 3.63) is 60.5 Å². The molecule has 0 bridgehead atoms. The quantitative estimate of drug-likeness (QED) is 0.749. The average molecular weight is 309 g/mol. The Labute approximate surface area is 133 Å². The van der Waals surface area contributed by atoms with Crippen LogP contribution in [-0.2, 0) is 0 Å². The SMILES string of the molecule is CCNc1nc(Nc2ccccc2F)cc(-c2ccccn2)n1. The maximum atomic E-state index is 13.8. The van der Waals surface area contributed by atoms with Gasteiger partial charge in [-0.15, -0.1) is 0 Å². The largest absolute Gasteiger partial charge is 0.354 e. The molecule has 0 aliphatic rings. The minimum absolute atomic E-state index is 0.338. The van der Waals surface area contributed by atoms with Crippen LogP contribution >= 0.6 is 0 Å². The van der Waals surface area contributed by atoms with E-state index in [1.165, 1.54) is 6.07 Å². The first-order chi connectivity index (χ1) is 11.3. The number of para-hydroxylation sites is 1. The molecule has 0 radical (unpaired) electrons. The van der Waals surface area contributed by atoms with E-state index in [9.17, 15) is 4.39 Å². The highest BCUT2D eigenvalue weighted by molar-refractivity contribution is 5.65. The molecule has 0 fully saturated rings. The summed E-state index contributed by atoms with van der Waals surface area (Å²) in [6.07, 6.45) is 1.70. The van der Waals surface area contributed by atoms with Crippen LogP contribution in [0.5, 0.6) is 0 Å². The van der Waals surface area contributed by atoms with Crippen molar-refractivity contribution in [2.75, 3.05) is 17.2 Å². The van der Waals surface area contributed by atoms with Crippen molar-refractivity contribution >= 4 is 17.5 Å². The number of aromatic nitrogens is 3. The summed E-state index contributed by atoms with van der Waals surface area (Å²) >= 11 is 0. The number of anilines is 3. The second kappa shape index (κ2) is 6.83. The van der Waals surface area contributed by atoms with E-state index in [0.717, 1.165) is 5.69 Å². The molecule has 5 nitrogen and oxygen atoms in total. The Bertz CT molecular complexity index is 792. The van der Waals surface area contributed by atoms with Gasteiger partial charge in [-0.3, -0.25) is 4.98 Å². The van der Waals surface area contributed by atoms with E-state index in [0.29, 0.717) is 29.7 Å². The maximum absolute atomic E-state index is 13.8. The normalized spacial score (nSPS) is 10.3. The first-order valence-corrected chi connectivity index (χ1v) is 7.32. The van der Waals surface area contributed by atoms with Crippen LogP contribution in [0.1, 0.15) is 6.92 Å². The highest BCUT2D eigenvalue weighted by Gasteiger charge is 2.09. The van der Waals surface area contributed by atoms with Gasteiger partial charge in [-0.1, -0.05) is 18.2 Å². The molecule has 23 heavy (non-hydrogen) atoms. The molecular weight excluding hydrogens is 293 g/mol. The zero-order valence-electron chi connectivity index (χ0n) is 12.6. The molecule has 0 aliphatic heterocycles. The Morgan fingerprint density at radius 2 is 1.83 bits per heavy atom. The summed E-state index contributed by atoms with van der Waals surface area (Å²) in [5.41, 5.74) is 1.75. The number of halogens is 1. The Morgan fingerprint density at radius 1 is 1.00 bits per heavy atom. The molecule has 3 rings (SSSR count). The van der Waals surface area contributed by atoms with Crippen molar-refractivity contribution in [3.8, 4) is 11.4 Å². The number of nitrogens with zero attached hydrogens (tertiary/aromatic N) is 3. The van der Waals surface area contributed by atoms with Gasteiger partial charge < -0.3 is 10.6 Å². The molecule has 116 valence electrons. The van der Waals surface area contributed by atoms with Gasteiger partial charge in [0.2, 0.25) is 5.95 Å². The first-order valence-electron chi connectivity index (χ1n) is 7.32. The summed E-state index contributed by atoms with van der Waals surface area (Å²) in [6.45, 7) is 2.64. The molecule has 0 atom stereocenters. The topological polar surface area (TPSA) is 62.7 Å². The molecular formula is C17H16FN5. The third-order valence-corrected chi connectivity index (χ3v) is 3.12. The molecule has 2 aromatic heterocycles. The van der Waals surface area contributed by atoms with Gasteiger partial charge in [-0.2, -0.15) is 4.98 Å². The molecule has 6 heteroatoms. The molecule has 0 saturated heterocycles. The van der Waals surface area contributed by atoms with E-state index in [2.05, 4.69) is 25.6 Å². The number of nitrogens with one attached hydrogen (secondary N) is 2. The van der Waals surface area contributed by atoms with E-state index in [1.807, 2.05) is 25.1 Å². The predicted octanol–water partition coefficient (Wildman–Crippen LogP) is 3.85. The van der Waals surface area contributed by atoms with E-state index < -0.39 is 0 Å². The van der Waals surface area contributed by atoms with Crippen LogP contribution in [0.3, 0.4) is 0 Å². The van der Waals surface area contributed by atoms with Crippen molar-refractivity contribution in [1.29, 1.82) is 0 Å². The number of rotatable bonds is 5. The molecule has 3 aromatic rings. The lowest BCUT2D eigenvalue weighted by Gasteiger charge is -2.11.